The summed E-state index contributed by atoms with van der Waals surface area (Å²) in [6, 6.07) is 20.3. The Morgan fingerprint density at radius 2 is 1.67 bits per heavy atom. The average molecular weight is 281 g/mol. The van der Waals surface area contributed by atoms with E-state index >= 15 is 0 Å². The molecule has 0 radical (unpaired) electrons. The number of benzene rings is 2. The number of carbonyl (C=O) groups excluding carboxylic acids is 1. The molecule has 1 saturated heterocycles. The predicted molar refractivity (Wildman–Crippen MR) is 81.6 cm³/mol. The van der Waals surface area contributed by atoms with Crippen molar-refractivity contribution in [3.63, 3.8) is 0 Å². The quantitative estimate of drug-likeness (QED) is 0.622. The van der Waals surface area contributed by atoms with Gasteiger partial charge in [-0.15, -0.1) is 0 Å². The van der Waals surface area contributed by atoms with Crippen LogP contribution in [0.3, 0.4) is 0 Å². The highest BCUT2D eigenvalue weighted by molar-refractivity contribution is 5.80. The molecule has 2 aromatic carbocycles. The summed E-state index contributed by atoms with van der Waals surface area (Å²) in [4.78, 5) is 14.3. The summed E-state index contributed by atoms with van der Waals surface area (Å²) < 4.78 is 5.20. The average Bonchev–Trinajstić information content (AvgIpc) is 3.23. The first kappa shape index (κ1) is 13.8. The third-order valence-corrected chi connectivity index (χ3v) is 3.80. The van der Waals surface area contributed by atoms with Crippen molar-refractivity contribution in [1.29, 1.82) is 0 Å². The molecule has 1 unspecified atom stereocenters. The normalized spacial score (nSPS) is 23.6. The Kier molecular flexibility index (Phi) is 4.02. The van der Waals surface area contributed by atoms with Gasteiger partial charge in [0, 0.05) is 6.54 Å². The van der Waals surface area contributed by atoms with Crippen LogP contribution in [0.25, 0.3) is 0 Å². The van der Waals surface area contributed by atoms with Crippen LogP contribution in [0.2, 0.25) is 0 Å². The maximum absolute atomic E-state index is 12.1. The second-order valence-electron chi connectivity index (χ2n) is 5.21. The van der Waals surface area contributed by atoms with Gasteiger partial charge in [-0.3, -0.25) is 9.69 Å². The van der Waals surface area contributed by atoms with Crippen LogP contribution in [-0.4, -0.2) is 23.5 Å². The molecule has 3 rings (SSSR count). The third kappa shape index (κ3) is 2.98. The standard InChI is InChI=1S/C18H19NO2/c1-2-21-18(20)17-16(15-11-7-4-8-12-15)19(17)13-14-9-5-3-6-10-14/h3-12,16-17H,2,13H2,1H3/t16-,17+,19?/m1/s1. The van der Waals surface area contributed by atoms with E-state index in [9.17, 15) is 4.79 Å². The van der Waals surface area contributed by atoms with E-state index in [1.54, 1.807) is 0 Å². The molecule has 0 aromatic heterocycles. The monoisotopic (exact) mass is 281 g/mol. The highest BCUT2D eigenvalue weighted by Crippen LogP contribution is 2.44. The number of hydrogen-bond acceptors (Lipinski definition) is 3. The largest absolute Gasteiger partial charge is 0.465 e. The lowest BCUT2D eigenvalue weighted by molar-refractivity contribution is -0.143. The van der Waals surface area contributed by atoms with Crippen LogP contribution >= 0.6 is 0 Å². The van der Waals surface area contributed by atoms with Crippen LogP contribution in [-0.2, 0) is 16.1 Å². The Bertz CT molecular complexity index is 597. The van der Waals surface area contributed by atoms with Gasteiger partial charge in [-0.2, -0.15) is 0 Å². The van der Waals surface area contributed by atoms with Crippen LogP contribution in [0.4, 0.5) is 0 Å². The molecule has 0 aliphatic carbocycles. The topological polar surface area (TPSA) is 29.3 Å². The Morgan fingerprint density at radius 1 is 1.05 bits per heavy atom. The molecule has 1 aliphatic heterocycles. The van der Waals surface area contributed by atoms with Crippen LogP contribution < -0.4 is 0 Å². The molecule has 0 saturated carbocycles. The van der Waals surface area contributed by atoms with Gasteiger partial charge in [-0.25, -0.2) is 0 Å². The number of carbonyl (C=O) groups is 1. The van der Waals surface area contributed by atoms with E-state index in [4.69, 9.17) is 4.74 Å². The molecule has 0 N–H and O–H groups in total. The van der Waals surface area contributed by atoms with E-state index < -0.39 is 0 Å². The minimum absolute atomic E-state index is 0.123. The molecule has 21 heavy (non-hydrogen) atoms. The fourth-order valence-corrected chi connectivity index (χ4v) is 2.78. The zero-order valence-corrected chi connectivity index (χ0v) is 12.1. The molecule has 0 spiro atoms. The van der Waals surface area contributed by atoms with Crippen molar-refractivity contribution in [3.8, 4) is 0 Å². The van der Waals surface area contributed by atoms with Crippen molar-refractivity contribution in [2.75, 3.05) is 6.61 Å². The lowest BCUT2D eigenvalue weighted by atomic mass is 10.1. The molecule has 0 amide bonds. The van der Waals surface area contributed by atoms with Crippen molar-refractivity contribution in [3.05, 3.63) is 71.8 Å². The van der Waals surface area contributed by atoms with Gasteiger partial charge < -0.3 is 4.74 Å². The molecule has 0 bridgehead atoms. The SMILES string of the molecule is CCOC(=O)[C@@H]1[C@@H](c2ccccc2)N1Cc1ccccc1. The van der Waals surface area contributed by atoms with E-state index in [2.05, 4.69) is 29.2 Å². The summed E-state index contributed by atoms with van der Waals surface area (Å²) in [5.41, 5.74) is 2.39. The first-order valence-corrected chi connectivity index (χ1v) is 7.32. The van der Waals surface area contributed by atoms with E-state index in [0.29, 0.717) is 6.61 Å². The van der Waals surface area contributed by atoms with Crippen molar-refractivity contribution in [1.82, 2.24) is 4.90 Å². The Balaban J connectivity index is 1.78. The maximum Gasteiger partial charge on any atom is 0.325 e. The number of ether oxygens (including phenoxy) is 1. The fourth-order valence-electron chi connectivity index (χ4n) is 2.78. The second kappa shape index (κ2) is 6.10. The van der Waals surface area contributed by atoms with Gasteiger partial charge in [0.15, 0.2) is 0 Å². The predicted octanol–water partition coefficient (Wildman–Crippen LogP) is 3.18. The molecule has 1 fully saturated rings. The van der Waals surface area contributed by atoms with Crippen LogP contribution in [0.15, 0.2) is 60.7 Å². The summed E-state index contributed by atoms with van der Waals surface area (Å²) >= 11 is 0. The number of esters is 1. The molecule has 1 aliphatic rings. The minimum Gasteiger partial charge on any atom is -0.465 e. The van der Waals surface area contributed by atoms with Crippen molar-refractivity contribution < 1.29 is 9.53 Å². The summed E-state index contributed by atoms with van der Waals surface area (Å²) in [7, 11) is 0. The van der Waals surface area contributed by atoms with Gasteiger partial charge in [0.2, 0.25) is 0 Å². The van der Waals surface area contributed by atoms with Gasteiger partial charge in [0.25, 0.3) is 0 Å². The summed E-state index contributed by atoms with van der Waals surface area (Å²) in [5.74, 6) is -0.123. The minimum atomic E-state index is -0.160. The zero-order chi connectivity index (χ0) is 14.7. The summed E-state index contributed by atoms with van der Waals surface area (Å²) in [6.45, 7) is 3.04. The fraction of sp³-hybridized carbons (Fsp3) is 0.278. The number of hydrogen-bond donors (Lipinski definition) is 0. The molecule has 2 aromatic rings. The first-order valence-electron chi connectivity index (χ1n) is 7.32. The summed E-state index contributed by atoms with van der Waals surface area (Å²) in [6.07, 6.45) is 0. The van der Waals surface area contributed by atoms with Gasteiger partial charge in [0.05, 0.1) is 12.6 Å². The third-order valence-electron chi connectivity index (χ3n) is 3.80. The van der Waals surface area contributed by atoms with Crippen molar-refractivity contribution >= 4 is 5.97 Å². The zero-order valence-electron chi connectivity index (χ0n) is 12.1. The highest BCUT2D eigenvalue weighted by atomic mass is 16.5. The molecule has 1 heterocycles. The molecule has 3 nitrogen and oxygen atoms in total. The van der Waals surface area contributed by atoms with E-state index in [1.807, 2.05) is 43.3 Å². The number of nitrogens with zero attached hydrogens (tertiary/aromatic N) is 1. The molecule has 3 atom stereocenters. The number of rotatable bonds is 5. The lowest BCUT2D eigenvalue weighted by Crippen LogP contribution is -2.16. The molecule has 3 heteroatoms. The second-order valence-corrected chi connectivity index (χ2v) is 5.21. The molecular weight excluding hydrogens is 262 g/mol. The molecular formula is C18H19NO2. The Labute approximate surface area is 125 Å². The first-order chi connectivity index (χ1) is 10.3. The summed E-state index contributed by atoms with van der Waals surface area (Å²) in [5, 5.41) is 0. The lowest BCUT2D eigenvalue weighted by Gasteiger charge is -2.04. The van der Waals surface area contributed by atoms with E-state index in [1.165, 1.54) is 11.1 Å². The van der Waals surface area contributed by atoms with Gasteiger partial charge in [0.1, 0.15) is 6.04 Å². The van der Waals surface area contributed by atoms with Crippen molar-refractivity contribution in [2.45, 2.75) is 25.6 Å². The highest BCUT2D eigenvalue weighted by Gasteiger charge is 2.53. The van der Waals surface area contributed by atoms with E-state index in [0.717, 1.165) is 6.54 Å². The molecule has 108 valence electrons. The Morgan fingerprint density at radius 3 is 2.29 bits per heavy atom. The van der Waals surface area contributed by atoms with E-state index in [-0.39, 0.29) is 18.1 Å². The Hall–Kier alpha value is -2.13. The van der Waals surface area contributed by atoms with Crippen LogP contribution in [0.5, 0.6) is 0 Å². The van der Waals surface area contributed by atoms with Crippen LogP contribution in [0, 0.1) is 0 Å². The maximum atomic E-state index is 12.1. The van der Waals surface area contributed by atoms with Gasteiger partial charge in [-0.05, 0) is 18.1 Å². The van der Waals surface area contributed by atoms with Gasteiger partial charge in [-0.1, -0.05) is 60.7 Å². The van der Waals surface area contributed by atoms with Gasteiger partial charge >= 0.3 is 5.97 Å². The van der Waals surface area contributed by atoms with Crippen molar-refractivity contribution in [2.24, 2.45) is 0 Å². The van der Waals surface area contributed by atoms with Crippen LogP contribution in [0.1, 0.15) is 24.1 Å². The smallest absolute Gasteiger partial charge is 0.325 e.